The van der Waals surface area contributed by atoms with Gasteiger partial charge in [0, 0.05) is 36.4 Å². The van der Waals surface area contributed by atoms with E-state index < -0.39 is 10.5 Å². The van der Waals surface area contributed by atoms with E-state index >= 15 is 0 Å². The molecule has 104 valence electrons. The number of fused-ring (bicyclic) bond motifs is 1. The van der Waals surface area contributed by atoms with Crippen molar-refractivity contribution in [2.45, 2.75) is 18.9 Å². The molecule has 6 nitrogen and oxygen atoms in total. The SMILES string of the molecule is CCC1(O)CN(c2ccc([N+](=O)[O-])c3ncccc23)C1. The largest absolute Gasteiger partial charge is 0.386 e. The van der Waals surface area contributed by atoms with Crippen LogP contribution in [-0.4, -0.2) is 33.7 Å². The highest BCUT2D eigenvalue weighted by atomic mass is 16.6. The van der Waals surface area contributed by atoms with Crippen LogP contribution in [0.2, 0.25) is 0 Å². The van der Waals surface area contributed by atoms with Crippen LogP contribution in [0, 0.1) is 10.1 Å². The van der Waals surface area contributed by atoms with E-state index in [1.54, 1.807) is 18.3 Å². The predicted molar refractivity (Wildman–Crippen MR) is 75.9 cm³/mol. The van der Waals surface area contributed by atoms with Gasteiger partial charge in [-0.25, -0.2) is 4.98 Å². The number of anilines is 1. The lowest BCUT2D eigenvalue weighted by molar-refractivity contribution is -0.383. The molecule has 1 aromatic heterocycles. The van der Waals surface area contributed by atoms with Gasteiger partial charge in [-0.3, -0.25) is 10.1 Å². The fourth-order valence-corrected chi connectivity index (χ4v) is 2.62. The van der Waals surface area contributed by atoms with Crippen LogP contribution in [0.5, 0.6) is 0 Å². The molecular formula is C14H15N3O3. The van der Waals surface area contributed by atoms with Gasteiger partial charge < -0.3 is 10.0 Å². The minimum Gasteiger partial charge on any atom is -0.386 e. The molecule has 0 bridgehead atoms. The minimum absolute atomic E-state index is 0.00984. The second-order valence-corrected chi connectivity index (χ2v) is 5.19. The Bertz CT molecular complexity index is 680. The van der Waals surface area contributed by atoms with E-state index in [4.69, 9.17) is 0 Å². The number of aromatic nitrogens is 1. The molecule has 1 fully saturated rings. The van der Waals surface area contributed by atoms with Crippen molar-refractivity contribution in [1.29, 1.82) is 0 Å². The summed E-state index contributed by atoms with van der Waals surface area (Å²) in [5.41, 5.74) is 0.644. The molecule has 0 unspecified atom stereocenters. The molecule has 2 heterocycles. The summed E-state index contributed by atoms with van der Waals surface area (Å²) >= 11 is 0. The normalized spacial score (nSPS) is 17.0. The van der Waals surface area contributed by atoms with Crippen LogP contribution < -0.4 is 4.90 Å². The summed E-state index contributed by atoms with van der Waals surface area (Å²) in [5, 5.41) is 21.9. The Kier molecular flexibility index (Phi) is 2.83. The van der Waals surface area contributed by atoms with Crippen molar-refractivity contribution >= 4 is 22.3 Å². The monoisotopic (exact) mass is 273 g/mol. The molecule has 6 heteroatoms. The summed E-state index contributed by atoms with van der Waals surface area (Å²) in [5.74, 6) is 0. The first-order chi connectivity index (χ1) is 9.54. The highest BCUT2D eigenvalue weighted by Crippen LogP contribution is 2.37. The highest BCUT2D eigenvalue weighted by molar-refractivity contribution is 5.97. The average Bonchev–Trinajstić information content (AvgIpc) is 2.42. The Hall–Kier alpha value is -2.21. The molecule has 0 atom stereocenters. The zero-order chi connectivity index (χ0) is 14.3. The van der Waals surface area contributed by atoms with Crippen LogP contribution in [0.3, 0.4) is 0 Å². The lowest BCUT2D eigenvalue weighted by Gasteiger charge is -2.47. The van der Waals surface area contributed by atoms with E-state index in [-0.39, 0.29) is 5.69 Å². The van der Waals surface area contributed by atoms with E-state index in [2.05, 4.69) is 4.98 Å². The number of benzene rings is 1. The summed E-state index contributed by atoms with van der Waals surface area (Å²) in [6.45, 7) is 3.05. The summed E-state index contributed by atoms with van der Waals surface area (Å²) in [7, 11) is 0. The second kappa shape index (κ2) is 4.42. The van der Waals surface area contributed by atoms with Gasteiger partial charge in [0.1, 0.15) is 5.52 Å². The van der Waals surface area contributed by atoms with Crippen LogP contribution >= 0.6 is 0 Å². The molecule has 1 aliphatic rings. The van der Waals surface area contributed by atoms with Gasteiger partial charge in [-0.05, 0) is 24.6 Å². The molecular weight excluding hydrogens is 258 g/mol. The third-order valence-corrected chi connectivity index (χ3v) is 3.89. The zero-order valence-corrected chi connectivity index (χ0v) is 11.1. The fourth-order valence-electron chi connectivity index (χ4n) is 2.62. The Morgan fingerprint density at radius 2 is 2.20 bits per heavy atom. The topological polar surface area (TPSA) is 79.5 Å². The Labute approximate surface area is 115 Å². The van der Waals surface area contributed by atoms with E-state index in [1.807, 2.05) is 17.9 Å². The van der Waals surface area contributed by atoms with Crippen molar-refractivity contribution in [2.75, 3.05) is 18.0 Å². The molecule has 1 aliphatic heterocycles. The molecule has 1 saturated heterocycles. The van der Waals surface area contributed by atoms with Crippen molar-refractivity contribution in [3.8, 4) is 0 Å². The number of hydrogen-bond acceptors (Lipinski definition) is 5. The van der Waals surface area contributed by atoms with Crippen molar-refractivity contribution in [2.24, 2.45) is 0 Å². The summed E-state index contributed by atoms with van der Waals surface area (Å²) in [6, 6.07) is 6.81. The van der Waals surface area contributed by atoms with Gasteiger partial charge >= 0.3 is 0 Å². The summed E-state index contributed by atoms with van der Waals surface area (Å²) < 4.78 is 0. The van der Waals surface area contributed by atoms with Gasteiger partial charge in [0.15, 0.2) is 0 Å². The average molecular weight is 273 g/mol. The quantitative estimate of drug-likeness (QED) is 0.684. The number of nitro benzene ring substituents is 1. The second-order valence-electron chi connectivity index (χ2n) is 5.19. The molecule has 0 amide bonds. The number of rotatable bonds is 3. The Morgan fingerprint density at radius 3 is 2.85 bits per heavy atom. The van der Waals surface area contributed by atoms with E-state index in [0.29, 0.717) is 25.0 Å². The Balaban J connectivity index is 2.06. The molecule has 20 heavy (non-hydrogen) atoms. The number of hydrogen-bond donors (Lipinski definition) is 1. The van der Waals surface area contributed by atoms with Crippen LogP contribution in [0.1, 0.15) is 13.3 Å². The number of nitro groups is 1. The molecule has 0 saturated carbocycles. The van der Waals surface area contributed by atoms with Crippen molar-refractivity contribution in [3.63, 3.8) is 0 Å². The third-order valence-electron chi connectivity index (χ3n) is 3.89. The van der Waals surface area contributed by atoms with Crippen LogP contribution in [0.4, 0.5) is 11.4 Å². The van der Waals surface area contributed by atoms with Gasteiger partial charge in [-0.15, -0.1) is 0 Å². The first-order valence-electron chi connectivity index (χ1n) is 6.53. The van der Waals surface area contributed by atoms with Gasteiger partial charge in [0.2, 0.25) is 0 Å². The summed E-state index contributed by atoms with van der Waals surface area (Å²) in [6.07, 6.45) is 2.25. The van der Waals surface area contributed by atoms with Crippen molar-refractivity contribution in [3.05, 3.63) is 40.6 Å². The van der Waals surface area contributed by atoms with Gasteiger partial charge in [-0.2, -0.15) is 0 Å². The first-order valence-corrected chi connectivity index (χ1v) is 6.53. The van der Waals surface area contributed by atoms with Gasteiger partial charge in [-0.1, -0.05) is 6.92 Å². The number of nitrogens with zero attached hydrogens (tertiary/aromatic N) is 3. The molecule has 1 N–H and O–H groups in total. The van der Waals surface area contributed by atoms with Crippen LogP contribution in [0.25, 0.3) is 10.9 Å². The van der Waals surface area contributed by atoms with Crippen molar-refractivity contribution < 1.29 is 10.0 Å². The molecule has 0 radical (unpaired) electrons. The van der Waals surface area contributed by atoms with E-state index in [9.17, 15) is 15.2 Å². The fraction of sp³-hybridized carbons (Fsp3) is 0.357. The van der Waals surface area contributed by atoms with Gasteiger partial charge in [0.25, 0.3) is 5.69 Å². The number of non-ortho nitro benzene ring substituents is 1. The zero-order valence-electron chi connectivity index (χ0n) is 11.1. The number of pyridine rings is 1. The molecule has 0 spiro atoms. The van der Waals surface area contributed by atoms with Crippen LogP contribution in [0.15, 0.2) is 30.5 Å². The minimum atomic E-state index is -0.643. The smallest absolute Gasteiger partial charge is 0.295 e. The Morgan fingerprint density at radius 1 is 1.45 bits per heavy atom. The van der Waals surface area contributed by atoms with Crippen molar-refractivity contribution in [1.82, 2.24) is 4.98 Å². The maximum atomic E-state index is 11.0. The predicted octanol–water partition coefficient (Wildman–Crippen LogP) is 2.10. The number of aliphatic hydroxyl groups is 1. The lowest BCUT2D eigenvalue weighted by Crippen LogP contribution is -2.61. The summed E-state index contributed by atoms with van der Waals surface area (Å²) in [4.78, 5) is 16.8. The van der Waals surface area contributed by atoms with E-state index in [1.165, 1.54) is 6.07 Å². The molecule has 1 aromatic carbocycles. The van der Waals surface area contributed by atoms with Crippen LogP contribution in [-0.2, 0) is 0 Å². The third kappa shape index (κ3) is 1.89. The van der Waals surface area contributed by atoms with E-state index in [0.717, 1.165) is 11.1 Å². The lowest BCUT2D eigenvalue weighted by atomic mass is 9.90. The number of β-amino-alcohol motifs (C(OH)–C–C–N with tert-alkyl or cyclic N) is 1. The standard InChI is InChI=1S/C14H15N3O3/c1-2-14(18)8-16(9-14)11-5-6-12(17(19)20)13-10(11)4-3-7-15-13/h3-7,18H,2,8-9H2,1H3. The molecule has 3 rings (SSSR count). The maximum Gasteiger partial charge on any atom is 0.295 e. The molecule has 0 aliphatic carbocycles. The maximum absolute atomic E-state index is 11.0. The highest BCUT2D eigenvalue weighted by Gasteiger charge is 2.40. The first kappa shape index (κ1) is 12.8. The van der Waals surface area contributed by atoms with Gasteiger partial charge in [0.05, 0.1) is 10.5 Å². The molecule has 2 aromatic rings.